The molecule has 1 unspecified atom stereocenters. The van der Waals surface area contributed by atoms with Crippen LogP contribution in [0.25, 0.3) is 0 Å². The van der Waals surface area contributed by atoms with Gasteiger partial charge in [0, 0.05) is 0 Å². The Labute approximate surface area is 67.1 Å². The topological polar surface area (TPSA) is 50.8 Å². The highest BCUT2D eigenvalue weighted by molar-refractivity contribution is 5.06. The lowest BCUT2D eigenvalue weighted by Gasteiger charge is -2.14. The highest BCUT2D eigenvalue weighted by Crippen LogP contribution is 1.95. The van der Waals surface area contributed by atoms with Crippen molar-refractivity contribution in [2.75, 3.05) is 13.6 Å². The molecule has 0 rings (SSSR count). The predicted molar refractivity (Wildman–Crippen MR) is 42.5 cm³/mol. The maximum absolute atomic E-state index is 8.60. The van der Waals surface area contributed by atoms with Gasteiger partial charge in [0.15, 0.2) is 0 Å². The van der Waals surface area contributed by atoms with Crippen LogP contribution >= 0.6 is 0 Å². The lowest BCUT2D eigenvalue weighted by Crippen LogP contribution is -2.28. The summed E-state index contributed by atoms with van der Waals surface area (Å²) < 4.78 is 0. The molecule has 3 heteroatoms. The minimum Gasteiger partial charge on any atom is -0.275 e. The molecule has 0 fully saturated rings. The van der Waals surface area contributed by atoms with Crippen LogP contribution in [0.5, 0.6) is 0 Å². The first kappa shape index (κ1) is 9.68. The summed E-state index contributed by atoms with van der Waals surface area (Å²) in [5, 5.41) is 16.9. The van der Waals surface area contributed by atoms with Crippen molar-refractivity contribution in [3.63, 3.8) is 0 Å². The number of hydrogen-bond acceptors (Lipinski definition) is 3. The quantitative estimate of drug-likeness (QED) is 0.442. The van der Waals surface area contributed by atoms with Crippen molar-refractivity contribution in [1.29, 1.82) is 10.5 Å². The van der Waals surface area contributed by atoms with Gasteiger partial charge in [-0.3, -0.25) is 4.90 Å². The molecule has 0 aromatic carbocycles. The molecule has 0 N–H and O–H groups in total. The first-order valence-electron chi connectivity index (χ1n) is 3.36. The van der Waals surface area contributed by atoms with E-state index in [9.17, 15) is 0 Å². The molecule has 0 saturated carbocycles. The second kappa shape index (κ2) is 5.46. The Balaban J connectivity index is 4.07. The number of allylic oxidation sites excluding steroid dienone is 1. The van der Waals surface area contributed by atoms with Gasteiger partial charge in [-0.05, 0) is 14.0 Å². The number of nitriles is 2. The van der Waals surface area contributed by atoms with Crippen molar-refractivity contribution < 1.29 is 0 Å². The summed E-state index contributed by atoms with van der Waals surface area (Å²) in [4.78, 5) is 1.68. The van der Waals surface area contributed by atoms with Gasteiger partial charge in [-0.1, -0.05) is 12.2 Å². The molecular weight excluding hydrogens is 138 g/mol. The first-order valence-corrected chi connectivity index (χ1v) is 3.36. The third-order valence-corrected chi connectivity index (χ3v) is 1.30. The summed E-state index contributed by atoms with van der Waals surface area (Å²) in [6.07, 6.45) is 3.57. The zero-order valence-electron chi connectivity index (χ0n) is 6.78. The van der Waals surface area contributed by atoms with Crippen LogP contribution in [0.4, 0.5) is 0 Å². The molecule has 0 heterocycles. The average Bonchev–Trinajstić information content (AvgIpc) is 2.00. The molecule has 11 heavy (non-hydrogen) atoms. The number of hydrogen-bond donors (Lipinski definition) is 0. The van der Waals surface area contributed by atoms with Crippen LogP contribution in [0.2, 0.25) is 0 Å². The van der Waals surface area contributed by atoms with E-state index in [2.05, 4.69) is 6.07 Å². The Morgan fingerprint density at radius 3 is 2.55 bits per heavy atom. The Bertz CT molecular complexity index is 206. The van der Waals surface area contributed by atoms with E-state index >= 15 is 0 Å². The molecule has 0 bridgehead atoms. The standard InChI is InChI=1S/C8H11N3/c1-3-4-8(7-10)11(2)6-5-9/h3-4,8H,6H2,1-2H3/b4-3+. The zero-order chi connectivity index (χ0) is 8.69. The van der Waals surface area contributed by atoms with E-state index in [0.29, 0.717) is 0 Å². The van der Waals surface area contributed by atoms with Crippen LogP contribution < -0.4 is 0 Å². The SMILES string of the molecule is C/C=C/C(C#N)N(C)CC#N. The molecule has 0 amide bonds. The van der Waals surface area contributed by atoms with E-state index in [1.807, 2.05) is 19.1 Å². The summed E-state index contributed by atoms with van der Waals surface area (Å²) >= 11 is 0. The van der Waals surface area contributed by atoms with Gasteiger partial charge in [0.25, 0.3) is 0 Å². The average molecular weight is 149 g/mol. The van der Waals surface area contributed by atoms with E-state index in [0.717, 1.165) is 0 Å². The molecule has 0 aliphatic heterocycles. The molecule has 3 nitrogen and oxygen atoms in total. The van der Waals surface area contributed by atoms with Crippen LogP contribution in [-0.4, -0.2) is 24.5 Å². The Hall–Kier alpha value is -1.32. The highest BCUT2D eigenvalue weighted by atomic mass is 15.1. The predicted octanol–water partition coefficient (Wildman–Crippen LogP) is 0.910. The van der Waals surface area contributed by atoms with Crippen LogP contribution in [-0.2, 0) is 0 Å². The van der Waals surface area contributed by atoms with Crippen LogP contribution in [0.3, 0.4) is 0 Å². The lowest BCUT2D eigenvalue weighted by molar-refractivity contribution is 0.363. The van der Waals surface area contributed by atoms with Crippen LogP contribution in [0.15, 0.2) is 12.2 Å². The third kappa shape index (κ3) is 3.40. The van der Waals surface area contributed by atoms with E-state index in [1.165, 1.54) is 0 Å². The smallest absolute Gasteiger partial charge is 0.117 e. The molecule has 0 aliphatic carbocycles. The van der Waals surface area contributed by atoms with Gasteiger partial charge in [0.2, 0.25) is 0 Å². The second-order valence-corrected chi connectivity index (χ2v) is 2.17. The first-order chi connectivity index (χ1) is 5.26. The van der Waals surface area contributed by atoms with E-state index < -0.39 is 0 Å². The summed E-state index contributed by atoms with van der Waals surface area (Å²) in [5.41, 5.74) is 0. The largest absolute Gasteiger partial charge is 0.275 e. The van der Waals surface area contributed by atoms with Crippen molar-refractivity contribution in [3.05, 3.63) is 12.2 Å². The Morgan fingerprint density at radius 1 is 1.55 bits per heavy atom. The van der Waals surface area contributed by atoms with Gasteiger partial charge in [-0.2, -0.15) is 10.5 Å². The normalized spacial score (nSPS) is 12.8. The lowest BCUT2D eigenvalue weighted by atomic mass is 10.2. The summed E-state index contributed by atoms with van der Waals surface area (Å²) in [7, 11) is 1.75. The second-order valence-electron chi connectivity index (χ2n) is 2.17. The zero-order valence-corrected chi connectivity index (χ0v) is 6.78. The maximum Gasteiger partial charge on any atom is 0.117 e. The van der Waals surface area contributed by atoms with Crippen LogP contribution in [0.1, 0.15) is 6.92 Å². The van der Waals surface area contributed by atoms with Gasteiger partial charge in [0.1, 0.15) is 6.04 Å². The third-order valence-electron chi connectivity index (χ3n) is 1.30. The van der Waals surface area contributed by atoms with E-state index in [-0.39, 0.29) is 12.6 Å². The molecule has 58 valence electrons. The fraction of sp³-hybridized carbons (Fsp3) is 0.500. The summed E-state index contributed by atoms with van der Waals surface area (Å²) in [5.74, 6) is 0. The molecular formula is C8H11N3. The van der Waals surface area contributed by atoms with Crippen LogP contribution in [0, 0.1) is 22.7 Å². The summed E-state index contributed by atoms with van der Waals surface area (Å²) in [6.45, 7) is 2.13. The highest BCUT2D eigenvalue weighted by Gasteiger charge is 2.07. The summed E-state index contributed by atoms with van der Waals surface area (Å²) in [6, 6.07) is 3.78. The van der Waals surface area contributed by atoms with E-state index in [4.69, 9.17) is 10.5 Å². The number of rotatable bonds is 3. The maximum atomic E-state index is 8.60. The van der Waals surface area contributed by atoms with E-state index in [1.54, 1.807) is 18.0 Å². The molecule has 0 aromatic rings. The molecule has 0 radical (unpaired) electrons. The van der Waals surface area contributed by atoms with Gasteiger partial charge in [0.05, 0.1) is 18.7 Å². The fourth-order valence-electron chi connectivity index (χ4n) is 0.681. The van der Waals surface area contributed by atoms with Gasteiger partial charge in [-0.15, -0.1) is 0 Å². The number of nitrogens with zero attached hydrogens (tertiary/aromatic N) is 3. The Kier molecular flexibility index (Phi) is 4.81. The van der Waals surface area contributed by atoms with Gasteiger partial charge >= 0.3 is 0 Å². The minimum absolute atomic E-state index is 0.278. The minimum atomic E-state index is -0.278. The molecule has 0 spiro atoms. The van der Waals surface area contributed by atoms with Crippen molar-refractivity contribution in [2.24, 2.45) is 0 Å². The van der Waals surface area contributed by atoms with Crippen molar-refractivity contribution in [3.8, 4) is 12.1 Å². The molecule has 0 saturated heterocycles. The van der Waals surface area contributed by atoms with Gasteiger partial charge in [-0.25, -0.2) is 0 Å². The molecule has 0 aliphatic rings. The van der Waals surface area contributed by atoms with Crippen molar-refractivity contribution in [1.82, 2.24) is 4.90 Å². The molecule has 1 atom stereocenters. The van der Waals surface area contributed by atoms with Gasteiger partial charge < -0.3 is 0 Å². The number of likely N-dealkylation sites (N-methyl/N-ethyl adjacent to an activating group) is 1. The fourth-order valence-corrected chi connectivity index (χ4v) is 0.681. The molecule has 0 aromatic heterocycles. The monoisotopic (exact) mass is 149 g/mol. The van der Waals surface area contributed by atoms with Crippen molar-refractivity contribution in [2.45, 2.75) is 13.0 Å². The van der Waals surface area contributed by atoms with Crippen molar-refractivity contribution >= 4 is 0 Å². The Morgan fingerprint density at radius 2 is 2.18 bits per heavy atom.